The summed E-state index contributed by atoms with van der Waals surface area (Å²) < 4.78 is 0. The molecule has 0 unspecified atom stereocenters. The molecule has 0 aliphatic carbocycles. The lowest BCUT2D eigenvalue weighted by Crippen LogP contribution is -1.87. The second-order valence-corrected chi connectivity index (χ2v) is 4.70. The molecule has 0 bridgehead atoms. The fraction of sp³-hybridized carbons (Fsp3) is 0. The van der Waals surface area contributed by atoms with Crippen molar-refractivity contribution in [2.24, 2.45) is 0 Å². The number of rotatable bonds is 2. The minimum Gasteiger partial charge on any atom is -0.256 e. The van der Waals surface area contributed by atoms with Crippen LogP contribution in [0, 0.1) is 0 Å². The number of nitrogens with zero attached hydrogens (tertiary/aromatic N) is 1. The lowest BCUT2D eigenvalue weighted by atomic mass is 9.97. The van der Waals surface area contributed by atoms with E-state index < -0.39 is 0 Å². The van der Waals surface area contributed by atoms with Gasteiger partial charge in [-0.2, -0.15) is 0 Å². The number of hydrogen-bond donors (Lipinski definition) is 0. The summed E-state index contributed by atoms with van der Waals surface area (Å²) in [5.74, 6) is 0. The van der Waals surface area contributed by atoms with Crippen LogP contribution in [0.5, 0.6) is 0 Å². The molecule has 1 heterocycles. The van der Waals surface area contributed by atoms with E-state index in [0.29, 0.717) is 0 Å². The van der Waals surface area contributed by atoms with Crippen LogP contribution < -0.4 is 0 Å². The Kier molecular flexibility index (Phi) is 3.30. The van der Waals surface area contributed by atoms with E-state index >= 15 is 0 Å². The van der Waals surface area contributed by atoms with Crippen molar-refractivity contribution < 1.29 is 0 Å². The number of benzene rings is 2. The second kappa shape index (κ2) is 5.25. The van der Waals surface area contributed by atoms with Crippen LogP contribution in [0.2, 0.25) is 5.02 Å². The first kappa shape index (κ1) is 11.9. The molecule has 19 heavy (non-hydrogen) atoms. The lowest BCUT2D eigenvalue weighted by molar-refractivity contribution is 1.33. The topological polar surface area (TPSA) is 12.9 Å². The molecule has 0 saturated heterocycles. The smallest absolute Gasteiger partial charge is 0.0708 e. The molecule has 0 fully saturated rings. The SMILES string of the molecule is Clc1ccc(-c2ccccc2-c2ccccn2)cc1. The first-order chi connectivity index (χ1) is 9.34. The normalized spacial score (nSPS) is 10.4. The van der Waals surface area contributed by atoms with Gasteiger partial charge in [0.25, 0.3) is 0 Å². The quantitative estimate of drug-likeness (QED) is 0.630. The minimum atomic E-state index is 0.749. The standard InChI is InChI=1S/C17H12ClN/c18-14-10-8-13(9-11-14)15-5-1-2-6-16(15)17-7-3-4-12-19-17/h1-12H. The maximum absolute atomic E-state index is 5.94. The van der Waals surface area contributed by atoms with Gasteiger partial charge in [0.2, 0.25) is 0 Å². The van der Waals surface area contributed by atoms with Crippen LogP contribution in [-0.4, -0.2) is 4.98 Å². The Morgan fingerprint density at radius 1 is 0.684 bits per heavy atom. The Morgan fingerprint density at radius 2 is 1.37 bits per heavy atom. The molecule has 3 rings (SSSR count). The van der Waals surface area contributed by atoms with Gasteiger partial charge in [-0.1, -0.05) is 54.1 Å². The monoisotopic (exact) mass is 265 g/mol. The molecule has 2 heteroatoms. The minimum absolute atomic E-state index is 0.749. The molecule has 0 amide bonds. The Balaban J connectivity index is 2.15. The lowest BCUT2D eigenvalue weighted by Gasteiger charge is -2.09. The Bertz CT molecular complexity index is 675. The van der Waals surface area contributed by atoms with E-state index in [-0.39, 0.29) is 0 Å². The van der Waals surface area contributed by atoms with Crippen molar-refractivity contribution in [2.75, 3.05) is 0 Å². The van der Waals surface area contributed by atoms with Gasteiger partial charge in [-0.3, -0.25) is 4.98 Å². The van der Waals surface area contributed by atoms with Crippen molar-refractivity contribution in [3.8, 4) is 22.4 Å². The van der Waals surface area contributed by atoms with Crippen molar-refractivity contribution in [1.29, 1.82) is 0 Å². The van der Waals surface area contributed by atoms with E-state index in [1.807, 2.05) is 60.8 Å². The molecule has 0 aliphatic rings. The van der Waals surface area contributed by atoms with Crippen molar-refractivity contribution in [2.45, 2.75) is 0 Å². The highest BCUT2D eigenvalue weighted by Gasteiger charge is 2.07. The second-order valence-electron chi connectivity index (χ2n) is 4.27. The van der Waals surface area contributed by atoms with Gasteiger partial charge in [0.15, 0.2) is 0 Å². The van der Waals surface area contributed by atoms with Gasteiger partial charge in [0.1, 0.15) is 0 Å². The predicted octanol–water partition coefficient (Wildman–Crippen LogP) is 5.07. The van der Waals surface area contributed by atoms with Gasteiger partial charge in [-0.05, 0) is 35.4 Å². The summed E-state index contributed by atoms with van der Waals surface area (Å²) in [6.07, 6.45) is 1.81. The van der Waals surface area contributed by atoms with Crippen molar-refractivity contribution in [3.63, 3.8) is 0 Å². The van der Waals surface area contributed by atoms with E-state index in [2.05, 4.69) is 17.1 Å². The van der Waals surface area contributed by atoms with E-state index in [9.17, 15) is 0 Å². The summed E-state index contributed by atoms with van der Waals surface area (Å²) in [4.78, 5) is 4.43. The molecule has 0 atom stereocenters. The van der Waals surface area contributed by atoms with Crippen LogP contribution in [-0.2, 0) is 0 Å². The summed E-state index contributed by atoms with van der Waals surface area (Å²) in [5, 5.41) is 0.749. The van der Waals surface area contributed by atoms with Crippen LogP contribution in [0.1, 0.15) is 0 Å². The van der Waals surface area contributed by atoms with E-state index in [1.54, 1.807) is 0 Å². The zero-order valence-electron chi connectivity index (χ0n) is 10.3. The molecule has 0 N–H and O–H groups in total. The molecule has 0 radical (unpaired) electrons. The van der Waals surface area contributed by atoms with Crippen molar-refractivity contribution in [3.05, 3.63) is 77.9 Å². The first-order valence-electron chi connectivity index (χ1n) is 6.11. The fourth-order valence-electron chi connectivity index (χ4n) is 2.11. The molecule has 2 aromatic carbocycles. The van der Waals surface area contributed by atoms with Gasteiger partial charge in [0.05, 0.1) is 5.69 Å². The van der Waals surface area contributed by atoms with Crippen LogP contribution in [0.25, 0.3) is 22.4 Å². The third kappa shape index (κ3) is 2.51. The summed E-state index contributed by atoms with van der Waals surface area (Å²) in [6.45, 7) is 0. The van der Waals surface area contributed by atoms with E-state index in [1.165, 1.54) is 0 Å². The predicted molar refractivity (Wildman–Crippen MR) is 80.1 cm³/mol. The summed E-state index contributed by atoms with van der Waals surface area (Å²) in [7, 11) is 0. The van der Waals surface area contributed by atoms with Crippen LogP contribution in [0.15, 0.2) is 72.9 Å². The van der Waals surface area contributed by atoms with Crippen molar-refractivity contribution >= 4 is 11.6 Å². The number of pyridine rings is 1. The summed E-state index contributed by atoms with van der Waals surface area (Å²) >= 11 is 5.94. The average molecular weight is 266 g/mol. The molecule has 92 valence electrons. The van der Waals surface area contributed by atoms with E-state index in [0.717, 1.165) is 27.4 Å². The van der Waals surface area contributed by atoms with Gasteiger partial charge in [0, 0.05) is 16.8 Å². The van der Waals surface area contributed by atoms with Crippen molar-refractivity contribution in [1.82, 2.24) is 4.98 Å². The molecular weight excluding hydrogens is 254 g/mol. The van der Waals surface area contributed by atoms with Gasteiger partial charge < -0.3 is 0 Å². The highest BCUT2D eigenvalue weighted by atomic mass is 35.5. The molecule has 0 saturated carbocycles. The van der Waals surface area contributed by atoms with Crippen LogP contribution in [0.4, 0.5) is 0 Å². The Hall–Kier alpha value is -2.12. The highest BCUT2D eigenvalue weighted by molar-refractivity contribution is 6.30. The zero-order chi connectivity index (χ0) is 13.1. The molecule has 1 aromatic heterocycles. The van der Waals surface area contributed by atoms with Gasteiger partial charge in [-0.15, -0.1) is 0 Å². The number of aromatic nitrogens is 1. The number of hydrogen-bond acceptors (Lipinski definition) is 1. The molecular formula is C17H12ClN. The summed E-state index contributed by atoms with van der Waals surface area (Å²) in [6, 6.07) is 22.1. The first-order valence-corrected chi connectivity index (χ1v) is 6.49. The van der Waals surface area contributed by atoms with Gasteiger partial charge in [-0.25, -0.2) is 0 Å². The largest absolute Gasteiger partial charge is 0.256 e. The maximum Gasteiger partial charge on any atom is 0.0708 e. The fourth-order valence-corrected chi connectivity index (χ4v) is 2.24. The molecule has 0 spiro atoms. The molecule has 1 nitrogen and oxygen atoms in total. The number of halogens is 1. The van der Waals surface area contributed by atoms with Crippen LogP contribution >= 0.6 is 11.6 Å². The third-order valence-corrected chi connectivity index (χ3v) is 3.28. The van der Waals surface area contributed by atoms with E-state index in [4.69, 9.17) is 11.6 Å². The molecule has 0 aliphatic heterocycles. The Morgan fingerprint density at radius 3 is 2.05 bits per heavy atom. The molecule has 3 aromatic rings. The highest BCUT2D eigenvalue weighted by Crippen LogP contribution is 2.31. The third-order valence-electron chi connectivity index (χ3n) is 3.02. The zero-order valence-corrected chi connectivity index (χ0v) is 11.0. The maximum atomic E-state index is 5.94. The average Bonchev–Trinajstić information content (AvgIpc) is 2.49. The van der Waals surface area contributed by atoms with Crippen LogP contribution in [0.3, 0.4) is 0 Å². The Labute approximate surface area is 117 Å². The van der Waals surface area contributed by atoms with Gasteiger partial charge >= 0.3 is 0 Å². The summed E-state index contributed by atoms with van der Waals surface area (Å²) in [5.41, 5.74) is 4.42.